The minimum atomic E-state index is 0.0543. The van der Waals surface area contributed by atoms with E-state index in [1.54, 1.807) is 6.20 Å². The molecule has 2 aromatic heterocycles. The summed E-state index contributed by atoms with van der Waals surface area (Å²) in [5.41, 5.74) is 1.79. The van der Waals surface area contributed by atoms with Crippen molar-refractivity contribution in [1.82, 2.24) is 14.5 Å². The molecule has 1 aliphatic heterocycles. The van der Waals surface area contributed by atoms with Gasteiger partial charge in [-0.15, -0.1) is 0 Å². The van der Waals surface area contributed by atoms with E-state index in [0.717, 1.165) is 49.3 Å². The number of aryl methyl sites for hydroxylation is 1. The zero-order valence-corrected chi connectivity index (χ0v) is 10.2. The fraction of sp³-hybridized carbons (Fsp3) is 0.538. The maximum absolute atomic E-state index is 8.97. The monoisotopic (exact) mass is 247 g/mol. The van der Waals surface area contributed by atoms with Crippen molar-refractivity contribution in [2.75, 3.05) is 13.2 Å². The number of aliphatic hydroxyl groups excluding tert-OH is 1. The van der Waals surface area contributed by atoms with Gasteiger partial charge in [-0.25, -0.2) is 9.97 Å². The quantitative estimate of drug-likeness (QED) is 0.892. The van der Waals surface area contributed by atoms with Crippen LogP contribution in [-0.4, -0.2) is 32.9 Å². The molecule has 18 heavy (non-hydrogen) atoms. The summed E-state index contributed by atoms with van der Waals surface area (Å²) in [6.45, 7) is 0.985. The molecule has 5 nitrogen and oxygen atoms in total. The maximum atomic E-state index is 8.97. The Morgan fingerprint density at radius 1 is 1.50 bits per heavy atom. The normalized spacial score (nSPS) is 19.7. The lowest BCUT2D eigenvalue weighted by Crippen LogP contribution is -2.12. The number of nitrogens with zero attached hydrogens (tertiary/aromatic N) is 3. The Bertz CT molecular complexity index is 532. The van der Waals surface area contributed by atoms with Gasteiger partial charge in [0.2, 0.25) is 0 Å². The number of hydrogen-bond acceptors (Lipinski definition) is 4. The van der Waals surface area contributed by atoms with Crippen molar-refractivity contribution in [3.8, 4) is 0 Å². The van der Waals surface area contributed by atoms with E-state index in [2.05, 4.69) is 14.5 Å². The summed E-state index contributed by atoms with van der Waals surface area (Å²) in [4.78, 5) is 9.02. The highest BCUT2D eigenvalue weighted by Gasteiger charge is 2.23. The number of hydrogen-bond donors (Lipinski definition) is 1. The van der Waals surface area contributed by atoms with Gasteiger partial charge in [0, 0.05) is 25.8 Å². The second-order valence-electron chi connectivity index (χ2n) is 4.54. The molecule has 1 N–H and O–H groups in total. The van der Waals surface area contributed by atoms with Gasteiger partial charge in [-0.1, -0.05) is 0 Å². The van der Waals surface area contributed by atoms with Gasteiger partial charge in [-0.05, 0) is 31.4 Å². The standard InChI is InChI=1S/C13H17N3O2/c17-8-2-5-11-15-10-4-1-7-14-13(10)16(11)12-6-3-9-18-12/h1,4,7,12,17H,2-3,5-6,8-9H2. The topological polar surface area (TPSA) is 60.2 Å². The molecule has 5 heteroatoms. The summed E-state index contributed by atoms with van der Waals surface area (Å²) in [7, 11) is 0. The Kier molecular flexibility index (Phi) is 3.25. The van der Waals surface area contributed by atoms with Crippen LogP contribution < -0.4 is 0 Å². The Balaban J connectivity index is 2.05. The predicted octanol–water partition coefficient (Wildman–Crippen LogP) is 1.67. The fourth-order valence-corrected chi connectivity index (χ4v) is 2.46. The average molecular weight is 247 g/mol. The fourth-order valence-electron chi connectivity index (χ4n) is 2.46. The van der Waals surface area contributed by atoms with Gasteiger partial charge in [0.05, 0.1) is 0 Å². The molecule has 96 valence electrons. The summed E-state index contributed by atoms with van der Waals surface area (Å²) in [5.74, 6) is 0.963. The highest BCUT2D eigenvalue weighted by Crippen LogP contribution is 2.28. The van der Waals surface area contributed by atoms with Crippen molar-refractivity contribution >= 4 is 11.2 Å². The molecular weight excluding hydrogens is 230 g/mol. The molecule has 0 aliphatic carbocycles. The first kappa shape index (κ1) is 11.6. The average Bonchev–Trinajstić information content (AvgIpc) is 3.02. The van der Waals surface area contributed by atoms with E-state index in [4.69, 9.17) is 9.84 Å². The van der Waals surface area contributed by atoms with Gasteiger partial charge in [-0.2, -0.15) is 0 Å². The van der Waals surface area contributed by atoms with Crippen molar-refractivity contribution in [3.63, 3.8) is 0 Å². The van der Waals surface area contributed by atoms with Crippen molar-refractivity contribution in [2.45, 2.75) is 31.9 Å². The highest BCUT2D eigenvalue weighted by atomic mass is 16.5. The number of rotatable bonds is 4. The van der Waals surface area contributed by atoms with Crippen LogP contribution in [0.1, 0.15) is 31.3 Å². The molecule has 0 bridgehead atoms. The van der Waals surface area contributed by atoms with E-state index < -0.39 is 0 Å². The molecule has 3 rings (SSSR count). The second-order valence-corrected chi connectivity index (χ2v) is 4.54. The minimum Gasteiger partial charge on any atom is -0.396 e. The van der Waals surface area contributed by atoms with Gasteiger partial charge < -0.3 is 9.84 Å². The van der Waals surface area contributed by atoms with Crippen LogP contribution in [0.25, 0.3) is 11.2 Å². The molecule has 1 aliphatic rings. The summed E-state index contributed by atoms with van der Waals surface area (Å²) >= 11 is 0. The lowest BCUT2D eigenvalue weighted by molar-refractivity contribution is 0.0569. The van der Waals surface area contributed by atoms with Gasteiger partial charge >= 0.3 is 0 Å². The van der Waals surface area contributed by atoms with Crippen LogP contribution >= 0.6 is 0 Å². The maximum Gasteiger partial charge on any atom is 0.162 e. The van der Waals surface area contributed by atoms with Crippen LogP contribution in [0.5, 0.6) is 0 Å². The van der Waals surface area contributed by atoms with E-state index in [9.17, 15) is 0 Å². The molecule has 1 saturated heterocycles. The number of ether oxygens (including phenoxy) is 1. The van der Waals surface area contributed by atoms with E-state index in [1.807, 2.05) is 12.1 Å². The number of aliphatic hydroxyl groups is 1. The van der Waals surface area contributed by atoms with Crippen LogP contribution in [0.15, 0.2) is 18.3 Å². The van der Waals surface area contributed by atoms with E-state index in [1.165, 1.54) is 0 Å². The molecule has 3 heterocycles. The number of aromatic nitrogens is 3. The molecule has 1 atom stereocenters. The third-order valence-corrected chi connectivity index (χ3v) is 3.27. The molecule has 1 unspecified atom stereocenters. The number of imidazole rings is 1. The van der Waals surface area contributed by atoms with E-state index >= 15 is 0 Å². The van der Waals surface area contributed by atoms with Crippen LogP contribution in [0.3, 0.4) is 0 Å². The zero-order valence-electron chi connectivity index (χ0n) is 10.2. The van der Waals surface area contributed by atoms with Crippen LogP contribution in [0.2, 0.25) is 0 Å². The first-order valence-electron chi connectivity index (χ1n) is 6.44. The molecule has 1 fully saturated rings. The predicted molar refractivity (Wildman–Crippen MR) is 67.2 cm³/mol. The molecule has 0 radical (unpaired) electrons. The van der Waals surface area contributed by atoms with Crippen LogP contribution in [-0.2, 0) is 11.2 Å². The largest absolute Gasteiger partial charge is 0.396 e. The lowest BCUT2D eigenvalue weighted by Gasteiger charge is -2.15. The molecule has 0 aromatic carbocycles. The molecule has 2 aromatic rings. The number of pyridine rings is 1. The summed E-state index contributed by atoms with van der Waals surface area (Å²) < 4.78 is 7.84. The molecule has 0 spiro atoms. The SMILES string of the molecule is OCCCc1nc2cccnc2n1C1CCCO1. The second kappa shape index (κ2) is 5.04. The van der Waals surface area contributed by atoms with Crippen molar-refractivity contribution in [3.05, 3.63) is 24.2 Å². The third kappa shape index (κ3) is 2.00. The van der Waals surface area contributed by atoms with Crippen molar-refractivity contribution in [2.24, 2.45) is 0 Å². The Labute approximate surface area is 105 Å². The molecule has 0 amide bonds. The number of fused-ring (bicyclic) bond motifs is 1. The summed E-state index contributed by atoms with van der Waals surface area (Å²) in [5, 5.41) is 8.97. The van der Waals surface area contributed by atoms with E-state index in [0.29, 0.717) is 0 Å². The summed E-state index contributed by atoms with van der Waals surface area (Å²) in [6, 6.07) is 3.86. The zero-order chi connectivity index (χ0) is 12.4. The van der Waals surface area contributed by atoms with Crippen LogP contribution in [0.4, 0.5) is 0 Å². The lowest BCUT2D eigenvalue weighted by atomic mass is 10.3. The summed E-state index contributed by atoms with van der Waals surface area (Å²) in [6.07, 6.45) is 5.40. The van der Waals surface area contributed by atoms with E-state index in [-0.39, 0.29) is 12.8 Å². The van der Waals surface area contributed by atoms with Gasteiger partial charge in [0.1, 0.15) is 17.6 Å². The van der Waals surface area contributed by atoms with Gasteiger partial charge in [-0.3, -0.25) is 4.57 Å². The Morgan fingerprint density at radius 2 is 2.44 bits per heavy atom. The first-order valence-corrected chi connectivity index (χ1v) is 6.44. The van der Waals surface area contributed by atoms with Crippen molar-refractivity contribution in [1.29, 1.82) is 0 Å². The Hall–Kier alpha value is -1.46. The third-order valence-electron chi connectivity index (χ3n) is 3.27. The Morgan fingerprint density at radius 3 is 3.22 bits per heavy atom. The van der Waals surface area contributed by atoms with Crippen LogP contribution in [0, 0.1) is 0 Å². The minimum absolute atomic E-state index is 0.0543. The van der Waals surface area contributed by atoms with Gasteiger partial charge in [0.15, 0.2) is 5.65 Å². The molecular formula is C13H17N3O2. The molecule has 0 saturated carbocycles. The first-order chi connectivity index (χ1) is 8.90. The highest BCUT2D eigenvalue weighted by molar-refractivity contribution is 5.71. The smallest absolute Gasteiger partial charge is 0.162 e. The van der Waals surface area contributed by atoms with Gasteiger partial charge in [0.25, 0.3) is 0 Å². The van der Waals surface area contributed by atoms with Crippen molar-refractivity contribution < 1.29 is 9.84 Å².